The minimum Gasteiger partial charge on any atom is -0.481 e. The van der Waals surface area contributed by atoms with Gasteiger partial charge in [0.05, 0.1) is 11.6 Å². The third-order valence-corrected chi connectivity index (χ3v) is 3.48. The molecule has 0 fully saturated rings. The lowest BCUT2D eigenvalue weighted by Gasteiger charge is -2.07. The zero-order chi connectivity index (χ0) is 13.2. The highest BCUT2D eigenvalue weighted by Gasteiger charge is 2.30. The van der Waals surface area contributed by atoms with Crippen LogP contribution < -0.4 is 0 Å². The van der Waals surface area contributed by atoms with Crippen molar-refractivity contribution in [2.45, 2.75) is 25.2 Å². The van der Waals surface area contributed by atoms with E-state index >= 15 is 0 Å². The van der Waals surface area contributed by atoms with E-state index in [0.29, 0.717) is 24.4 Å². The van der Waals surface area contributed by atoms with Crippen molar-refractivity contribution in [3.05, 3.63) is 59.2 Å². The molecular weight excluding hydrogens is 240 g/mol. The number of carboxylic acid groups (broad SMARTS) is 1. The van der Waals surface area contributed by atoms with Gasteiger partial charge in [0.1, 0.15) is 5.82 Å². The maximum absolute atomic E-state index is 11.2. The smallest absolute Gasteiger partial charge is 0.312 e. The molecule has 0 saturated carbocycles. The van der Waals surface area contributed by atoms with Crippen molar-refractivity contribution in [3.8, 4) is 0 Å². The highest BCUT2D eigenvalue weighted by atomic mass is 16.4. The number of carboxylic acids is 1. The van der Waals surface area contributed by atoms with Crippen molar-refractivity contribution in [2.24, 2.45) is 0 Å². The molecule has 0 aliphatic heterocycles. The molecule has 1 heterocycles. The van der Waals surface area contributed by atoms with Crippen LogP contribution in [0.5, 0.6) is 0 Å². The largest absolute Gasteiger partial charge is 0.481 e. The molecular formula is C15H14N2O2. The van der Waals surface area contributed by atoms with Gasteiger partial charge in [-0.25, -0.2) is 9.97 Å². The van der Waals surface area contributed by atoms with E-state index < -0.39 is 11.9 Å². The Balaban J connectivity index is 1.89. The van der Waals surface area contributed by atoms with Gasteiger partial charge in [0.15, 0.2) is 0 Å². The van der Waals surface area contributed by atoms with Crippen LogP contribution in [0.25, 0.3) is 0 Å². The second kappa shape index (κ2) is 4.80. The first-order valence-corrected chi connectivity index (χ1v) is 6.35. The third-order valence-electron chi connectivity index (χ3n) is 3.48. The summed E-state index contributed by atoms with van der Waals surface area (Å²) < 4.78 is 0. The van der Waals surface area contributed by atoms with Crippen LogP contribution in [0.15, 0.2) is 36.5 Å². The number of fused-ring (bicyclic) bond motifs is 1. The Labute approximate surface area is 111 Å². The number of hydrogen-bond donors (Lipinski definition) is 1. The minimum atomic E-state index is -0.789. The van der Waals surface area contributed by atoms with Crippen molar-refractivity contribution in [1.82, 2.24) is 9.97 Å². The fraction of sp³-hybridized carbons (Fsp3) is 0.267. The average molecular weight is 254 g/mol. The Morgan fingerprint density at radius 2 is 2.11 bits per heavy atom. The van der Waals surface area contributed by atoms with E-state index in [2.05, 4.69) is 9.97 Å². The molecule has 1 atom stereocenters. The summed E-state index contributed by atoms with van der Waals surface area (Å²) in [4.78, 5) is 20.0. The molecule has 0 radical (unpaired) electrons. The summed E-state index contributed by atoms with van der Waals surface area (Å²) in [5.41, 5.74) is 2.81. The monoisotopic (exact) mass is 254 g/mol. The predicted molar refractivity (Wildman–Crippen MR) is 70.0 cm³/mol. The first kappa shape index (κ1) is 11.8. The van der Waals surface area contributed by atoms with E-state index in [4.69, 9.17) is 0 Å². The van der Waals surface area contributed by atoms with Gasteiger partial charge >= 0.3 is 5.97 Å². The lowest BCUT2D eigenvalue weighted by atomic mass is 10.1. The summed E-state index contributed by atoms with van der Waals surface area (Å²) in [6, 6.07) is 9.95. The Bertz CT molecular complexity index is 611. The number of rotatable bonds is 3. The molecule has 3 rings (SSSR count). The molecule has 96 valence electrons. The van der Waals surface area contributed by atoms with Crippen molar-refractivity contribution in [1.29, 1.82) is 0 Å². The van der Waals surface area contributed by atoms with E-state index in [1.54, 1.807) is 6.20 Å². The molecule has 1 unspecified atom stereocenters. The number of aliphatic carboxylic acids is 1. The average Bonchev–Trinajstić information content (AvgIpc) is 2.83. The zero-order valence-electron chi connectivity index (χ0n) is 10.4. The van der Waals surface area contributed by atoms with Gasteiger partial charge in [-0.3, -0.25) is 4.79 Å². The summed E-state index contributed by atoms with van der Waals surface area (Å²) in [5, 5.41) is 9.18. The van der Waals surface area contributed by atoms with Crippen molar-refractivity contribution < 1.29 is 9.90 Å². The van der Waals surface area contributed by atoms with Crippen LogP contribution in [0.1, 0.15) is 35.0 Å². The molecule has 4 nitrogen and oxygen atoms in total. The quantitative estimate of drug-likeness (QED) is 0.911. The Morgan fingerprint density at radius 1 is 1.32 bits per heavy atom. The third kappa shape index (κ3) is 2.34. The number of carbonyl (C=O) groups is 1. The lowest BCUT2D eigenvalue weighted by Crippen LogP contribution is -2.11. The Morgan fingerprint density at radius 3 is 2.84 bits per heavy atom. The molecule has 1 aromatic heterocycles. The van der Waals surface area contributed by atoms with Crippen molar-refractivity contribution >= 4 is 5.97 Å². The first-order chi connectivity index (χ1) is 9.24. The van der Waals surface area contributed by atoms with Gasteiger partial charge in [-0.05, 0) is 24.0 Å². The number of nitrogens with zero attached hydrogens (tertiary/aromatic N) is 2. The van der Waals surface area contributed by atoms with Gasteiger partial charge in [-0.15, -0.1) is 0 Å². The van der Waals surface area contributed by atoms with Crippen LogP contribution in [-0.2, 0) is 17.6 Å². The van der Waals surface area contributed by atoms with Gasteiger partial charge in [-0.2, -0.15) is 0 Å². The van der Waals surface area contributed by atoms with E-state index in [1.165, 1.54) is 0 Å². The predicted octanol–water partition coefficient (Wildman–Crippen LogP) is 2.18. The topological polar surface area (TPSA) is 63.1 Å². The summed E-state index contributed by atoms with van der Waals surface area (Å²) in [6.07, 6.45) is 3.82. The number of benzene rings is 1. The molecule has 1 aromatic carbocycles. The molecule has 19 heavy (non-hydrogen) atoms. The van der Waals surface area contributed by atoms with E-state index in [9.17, 15) is 9.90 Å². The molecule has 2 aromatic rings. The van der Waals surface area contributed by atoms with E-state index in [0.717, 1.165) is 17.5 Å². The molecule has 0 amide bonds. The lowest BCUT2D eigenvalue weighted by molar-refractivity contribution is -0.138. The number of aryl methyl sites for hydroxylation is 1. The van der Waals surface area contributed by atoms with E-state index in [-0.39, 0.29) is 0 Å². The van der Waals surface area contributed by atoms with Gasteiger partial charge in [-0.1, -0.05) is 30.3 Å². The zero-order valence-corrected chi connectivity index (χ0v) is 10.4. The molecule has 0 spiro atoms. The number of hydrogen-bond acceptors (Lipinski definition) is 3. The fourth-order valence-electron chi connectivity index (χ4n) is 2.49. The Kier molecular flexibility index (Phi) is 2.99. The molecule has 1 N–H and O–H groups in total. The SMILES string of the molecule is O=C(O)C1CCc2cnc(Cc3ccccc3)nc21. The van der Waals surface area contributed by atoms with Crippen LogP contribution in [0, 0.1) is 0 Å². The van der Waals surface area contributed by atoms with Gasteiger partial charge < -0.3 is 5.11 Å². The van der Waals surface area contributed by atoms with Crippen LogP contribution in [0.4, 0.5) is 0 Å². The number of aromatic nitrogens is 2. The molecule has 0 bridgehead atoms. The second-order valence-corrected chi connectivity index (χ2v) is 4.79. The molecule has 1 aliphatic carbocycles. The standard InChI is InChI=1S/C15H14N2O2/c18-15(19)12-7-6-11-9-16-13(17-14(11)12)8-10-4-2-1-3-5-10/h1-5,9,12H,6-8H2,(H,18,19). The maximum Gasteiger partial charge on any atom is 0.312 e. The van der Waals surface area contributed by atoms with Crippen molar-refractivity contribution in [2.75, 3.05) is 0 Å². The summed E-state index contributed by atoms with van der Waals surface area (Å²) in [7, 11) is 0. The summed E-state index contributed by atoms with van der Waals surface area (Å²) >= 11 is 0. The Hall–Kier alpha value is -2.23. The van der Waals surface area contributed by atoms with Crippen LogP contribution >= 0.6 is 0 Å². The molecule has 4 heteroatoms. The van der Waals surface area contributed by atoms with Crippen molar-refractivity contribution in [3.63, 3.8) is 0 Å². The normalized spacial score (nSPS) is 17.2. The van der Waals surface area contributed by atoms with Crippen LogP contribution in [0.2, 0.25) is 0 Å². The van der Waals surface area contributed by atoms with Crippen LogP contribution in [0.3, 0.4) is 0 Å². The summed E-state index contributed by atoms with van der Waals surface area (Å²) in [5.74, 6) is -0.561. The first-order valence-electron chi connectivity index (χ1n) is 6.35. The molecule has 0 saturated heterocycles. The highest BCUT2D eigenvalue weighted by Crippen LogP contribution is 2.31. The van der Waals surface area contributed by atoms with Gasteiger partial charge in [0, 0.05) is 12.6 Å². The highest BCUT2D eigenvalue weighted by molar-refractivity contribution is 5.76. The minimum absolute atomic E-state index is 0.465. The van der Waals surface area contributed by atoms with E-state index in [1.807, 2.05) is 30.3 Å². The maximum atomic E-state index is 11.2. The van der Waals surface area contributed by atoms with Gasteiger partial charge in [0.2, 0.25) is 0 Å². The van der Waals surface area contributed by atoms with Crippen LogP contribution in [-0.4, -0.2) is 21.0 Å². The fourth-order valence-corrected chi connectivity index (χ4v) is 2.49. The van der Waals surface area contributed by atoms with Gasteiger partial charge in [0.25, 0.3) is 0 Å². The second-order valence-electron chi connectivity index (χ2n) is 4.79. The summed E-state index contributed by atoms with van der Waals surface area (Å²) in [6.45, 7) is 0. The molecule has 1 aliphatic rings.